The Hall–Kier alpha value is -3.33. The van der Waals surface area contributed by atoms with E-state index in [0.29, 0.717) is 6.61 Å². The van der Waals surface area contributed by atoms with E-state index in [1.807, 2.05) is 12.1 Å². The Balaban J connectivity index is 1.58. The molecule has 6 heteroatoms. The number of fused-ring (bicyclic) bond motifs is 1. The van der Waals surface area contributed by atoms with Gasteiger partial charge >= 0.3 is 0 Å². The predicted molar refractivity (Wildman–Crippen MR) is 205 cm³/mol. The van der Waals surface area contributed by atoms with Crippen LogP contribution in [0.4, 0.5) is 0 Å². The van der Waals surface area contributed by atoms with E-state index >= 15 is 0 Å². The summed E-state index contributed by atoms with van der Waals surface area (Å²) in [7, 11) is -1.20. The molecule has 0 aliphatic rings. The summed E-state index contributed by atoms with van der Waals surface area (Å²) in [6, 6.07) is 30.1. The fraction of sp³-hybridized carbons (Fsp3) is 0.415. The number of ether oxygens (including phenoxy) is 2. The highest BCUT2D eigenvalue weighted by molar-refractivity contribution is 6.99. The minimum atomic E-state index is -2.57. The number of hydrogen-bond acceptors (Lipinski definition) is 4. The third-order valence-electron chi connectivity index (χ3n) is 9.89. The molecule has 0 spiro atoms. The van der Waals surface area contributed by atoms with Crippen LogP contribution in [0.3, 0.4) is 0 Å². The van der Waals surface area contributed by atoms with Gasteiger partial charge in [-0.25, -0.2) is 0 Å². The molecule has 4 nitrogen and oxygen atoms in total. The number of rotatable bonds is 13. The molecule has 0 amide bonds. The van der Waals surface area contributed by atoms with Gasteiger partial charge in [0.1, 0.15) is 17.2 Å². The minimum Gasteiger partial charge on any atom is -0.543 e. The highest BCUT2D eigenvalue weighted by Crippen LogP contribution is 2.42. The lowest BCUT2D eigenvalue weighted by Crippen LogP contribution is -2.66. The van der Waals surface area contributed by atoms with Gasteiger partial charge in [-0.1, -0.05) is 114 Å². The molecule has 0 saturated carbocycles. The van der Waals surface area contributed by atoms with E-state index in [2.05, 4.69) is 140 Å². The first-order chi connectivity index (χ1) is 22.1. The summed E-state index contributed by atoms with van der Waals surface area (Å²) in [5.41, 5.74) is 2.56. The van der Waals surface area contributed by atoms with Gasteiger partial charge in [0.15, 0.2) is 0 Å². The van der Waals surface area contributed by atoms with Crippen LogP contribution < -0.4 is 24.3 Å². The molecule has 0 saturated heterocycles. The topological polar surface area (TPSA) is 36.9 Å². The Morgan fingerprint density at radius 1 is 0.681 bits per heavy atom. The van der Waals surface area contributed by atoms with Crippen LogP contribution in [0.1, 0.15) is 66.9 Å². The Morgan fingerprint density at radius 3 is 1.66 bits per heavy atom. The van der Waals surface area contributed by atoms with Crippen molar-refractivity contribution in [1.29, 1.82) is 0 Å². The third-order valence-corrected chi connectivity index (χ3v) is 19.2. The highest BCUT2D eigenvalue weighted by Gasteiger charge is 2.50. The maximum Gasteiger partial charge on any atom is 0.261 e. The number of methoxy groups -OCH3 is 2. The van der Waals surface area contributed by atoms with Crippen molar-refractivity contribution in [2.45, 2.75) is 90.9 Å². The fourth-order valence-corrected chi connectivity index (χ4v) is 11.7. The van der Waals surface area contributed by atoms with E-state index in [1.54, 1.807) is 14.2 Å². The minimum absolute atomic E-state index is 0.0438. The lowest BCUT2D eigenvalue weighted by atomic mass is 9.99. The van der Waals surface area contributed by atoms with Gasteiger partial charge in [-0.2, -0.15) is 0 Å². The molecule has 0 heterocycles. The molecule has 4 aromatic carbocycles. The summed E-state index contributed by atoms with van der Waals surface area (Å²) in [5, 5.41) is 4.72. The zero-order valence-corrected chi connectivity index (χ0v) is 32.6. The van der Waals surface area contributed by atoms with E-state index in [0.717, 1.165) is 47.3 Å². The predicted octanol–water partition coefficient (Wildman–Crippen LogP) is 10.1. The van der Waals surface area contributed by atoms with Crippen LogP contribution >= 0.6 is 0 Å². The fourth-order valence-electron chi connectivity index (χ4n) is 6.17. The quantitative estimate of drug-likeness (QED) is 0.105. The van der Waals surface area contributed by atoms with Crippen molar-refractivity contribution in [2.24, 2.45) is 0 Å². The zero-order valence-electron chi connectivity index (χ0n) is 30.6. The van der Waals surface area contributed by atoms with E-state index in [9.17, 15) is 0 Å². The summed E-state index contributed by atoms with van der Waals surface area (Å²) >= 11 is 0. The second-order valence-electron chi connectivity index (χ2n) is 15.2. The monoisotopic (exact) mass is 668 g/mol. The molecule has 252 valence electrons. The van der Waals surface area contributed by atoms with Crippen LogP contribution in [0.2, 0.25) is 23.2 Å². The molecule has 0 aliphatic carbocycles. The van der Waals surface area contributed by atoms with Crippen molar-refractivity contribution in [3.05, 3.63) is 102 Å². The van der Waals surface area contributed by atoms with E-state index in [-0.39, 0.29) is 10.1 Å². The summed E-state index contributed by atoms with van der Waals surface area (Å²) < 4.78 is 25.6. The maximum absolute atomic E-state index is 7.12. The standard InChI is InChI=1S/C41H56O4Si2/c1-31(27-28-44-47(41(5,6)7,33-21-14-12-15-22-33)34-23-16-13-17-24-34)19-18-20-32-29-35-36(38(43-9)26-25-37(35)42-8)30-39(32)45-46(10,11)40(2,3)4/h12-17,21-27,29-30H,18-20,28H2,1-11H3/b31-27-. The normalized spacial score (nSPS) is 13.1. The second kappa shape index (κ2) is 14.8. The lowest BCUT2D eigenvalue weighted by molar-refractivity contribution is 0.338. The van der Waals surface area contributed by atoms with Gasteiger partial charge in [0.25, 0.3) is 8.32 Å². The molecule has 0 bridgehead atoms. The first-order valence-electron chi connectivity index (χ1n) is 16.9. The molecule has 0 aromatic heterocycles. The van der Waals surface area contributed by atoms with Crippen molar-refractivity contribution in [1.82, 2.24) is 0 Å². The average molecular weight is 669 g/mol. The molecule has 0 unspecified atom stereocenters. The van der Waals surface area contributed by atoms with Crippen LogP contribution in [-0.4, -0.2) is 37.5 Å². The number of benzene rings is 4. The Morgan fingerprint density at radius 2 is 1.19 bits per heavy atom. The van der Waals surface area contributed by atoms with Crippen molar-refractivity contribution in [3.63, 3.8) is 0 Å². The first kappa shape index (κ1) is 36.5. The number of aryl methyl sites for hydroxylation is 1. The molecule has 0 aliphatic heterocycles. The third kappa shape index (κ3) is 8.05. The molecular formula is C41H56O4Si2. The second-order valence-corrected chi connectivity index (χ2v) is 24.2. The van der Waals surface area contributed by atoms with Gasteiger partial charge in [-0.3, -0.25) is 0 Å². The van der Waals surface area contributed by atoms with Gasteiger partial charge in [0, 0.05) is 10.8 Å². The Labute approximate surface area is 286 Å². The van der Waals surface area contributed by atoms with Crippen LogP contribution in [0.5, 0.6) is 17.2 Å². The molecule has 0 radical (unpaired) electrons. The van der Waals surface area contributed by atoms with Crippen LogP contribution in [0, 0.1) is 0 Å². The smallest absolute Gasteiger partial charge is 0.261 e. The van der Waals surface area contributed by atoms with Gasteiger partial charge in [0.05, 0.1) is 20.8 Å². The van der Waals surface area contributed by atoms with Gasteiger partial charge in [0.2, 0.25) is 8.32 Å². The van der Waals surface area contributed by atoms with Crippen molar-refractivity contribution >= 4 is 37.8 Å². The van der Waals surface area contributed by atoms with E-state index in [1.165, 1.54) is 21.5 Å². The SMILES string of the molecule is COc1ccc(OC)c2cc(O[Si](C)(C)C(C)(C)C)c(CCC/C(C)=C\CO[Si](c3ccccc3)(c3ccccc3)C(C)(C)C)cc12. The summed E-state index contributed by atoms with van der Waals surface area (Å²) in [6.07, 6.45) is 5.19. The molecule has 0 atom stereocenters. The molecule has 0 fully saturated rings. The van der Waals surface area contributed by atoms with Gasteiger partial charge < -0.3 is 18.3 Å². The van der Waals surface area contributed by atoms with Crippen LogP contribution in [-0.2, 0) is 10.8 Å². The molecular weight excluding hydrogens is 613 g/mol. The van der Waals surface area contributed by atoms with Gasteiger partial charge in [-0.05, 0) is 89.6 Å². The zero-order chi connectivity index (χ0) is 34.5. The maximum atomic E-state index is 7.12. The summed E-state index contributed by atoms with van der Waals surface area (Å²) in [6.45, 7) is 21.3. The Bertz CT molecular complexity index is 1610. The highest BCUT2D eigenvalue weighted by atomic mass is 28.4. The van der Waals surface area contributed by atoms with Crippen molar-refractivity contribution < 1.29 is 18.3 Å². The van der Waals surface area contributed by atoms with Gasteiger partial charge in [-0.15, -0.1) is 0 Å². The van der Waals surface area contributed by atoms with E-state index < -0.39 is 16.6 Å². The van der Waals surface area contributed by atoms with Crippen LogP contribution in [0.15, 0.2) is 96.6 Å². The van der Waals surface area contributed by atoms with Crippen LogP contribution in [0.25, 0.3) is 10.8 Å². The number of hydrogen-bond donors (Lipinski definition) is 0. The lowest BCUT2D eigenvalue weighted by Gasteiger charge is -2.42. The van der Waals surface area contributed by atoms with Crippen molar-refractivity contribution in [2.75, 3.05) is 20.8 Å². The largest absolute Gasteiger partial charge is 0.543 e. The molecule has 47 heavy (non-hydrogen) atoms. The average Bonchev–Trinajstić information content (AvgIpc) is 3.02. The summed E-state index contributed by atoms with van der Waals surface area (Å²) in [4.78, 5) is 0. The van der Waals surface area contributed by atoms with E-state index in [4.69, 9.17) is 18.3 Å². The first-order valence-corrected chi connectivity index (χ1v) is 21.7. The molecule has 4 aromatic rings. The molecule has 4 rings (SSSR count). The summed E-state index contributed by atoms with van der Waals surface area (Å²) in [5.74, 6) is 2.64. The number of allylic oxidation sites excluding steroid dienone is 1. The Kier molecular flexibility index (Phi) is 11.5. The molecule has 0 N–H and O–H groups in total. The van der Waals surface area contributed by atoms with Crippen molar-refractivity contribution in [3.8, 4) is 17.2 Å².